The van der Waals surface area contributed by atoms with Crippen molar-refractivity contribution in [3.05, 3.63) is 83.2 Å². The maximum atomic E-state index is 9.63. The number of hydrogen-bond donors (Lipinski definition) is 1. The molecule has 0 bridgehead atoms. The number of rotatable bonds is 8. The van der Waals surface area contributed by atoms with Gasteiger partial charge in [0.2, 0.25) is 0 Å². The Hall–Kier alpha value is -2.47. The van der Waals surface area contributed by atoms with Crippen LogP contribution in [0.4, 0.5) is 0 Å². The molecule has 1 saturated heterocycles. The lowest BCUT2D eigenvalue weighted by atomic mass is 10.1. The third-order valence-electron chi connectivity index (χ3n) is 6.25. The fourth-order valence-electron chi connectivity index (χ4n) is 4.67. The average Bonchev–Trinajstić information content (AvgIpc) is 3.12. The molecule has 1 fully saturated rings. The van der Waals surface area contributed by atoms with Crippen molar-refractivity contribution < 1.29 is 5.11 Å². The number of aliphatic hydroxyl groups excluding tert-OH is 1. The number of aryl methyl sites for hydroxylation is 2. The standard InChI is InChI=1S/C26H34N4O/c1-21-17-22(2)30(27-21)25-10-6-9-24(18-25)19-28-14-15-29(26(20-28)12-16-31)13-11-23-7-4-3-5-8-23/h3-10,17-18,26,31H,11-16,19-20H2,1-2H3/t26-/m0/s1. The first-order chi connectivity index (χ1) is 15.1. The number of aliphatic hydroxyl groups is 1. The number of nitrogens with zero attached hydrogens (tertiary/aromatic N) is 4. The van der Waals surface area contributed by atoms with E-state index in [0.29, 0.717) is 6.04 Å². The average molecular weight is 419 g/mol. The summed E-state index contributed by atoms with van der Waals surface area (Å²) in [5.74, 6) is 0. The summed E-state index contributed by atoms with van der Waals surface area (Å²) in [6.07, 6.45) is 1.89. The molecule has 0 unspecified atom stereocenters. The summed E-state index contributed by atoms with van der Waals surface area (Å²) >= 11 is 0. The van der Waals surface area contributed by atoms with Crippen molar-refractivity contribution in [1.29, 1.82) is 0 Å². The molecule has 0 amide bonds. The van der Waals surface area contributed by atoms with E-state index >= 15 is 0 Å². The maximum absolute atomic E-state index is 9.63. The van der Waals surface area contributed by atoms with E-state index in [-0.39, 0.29) is 6.61 Å². The quantitative estimate of drug-likeness (QED) is 0.607. The minimum Gasteiger partial charge on any atom is -0.396 e. The molecule has 164 valence electrons. The van der Waals surface area contributed by atoms with E-state index in [2.05, 4.69) is 82.5 Å². The minimum absolute atomic E-state index is 0.244. The van der Waals surface area contributed by atoms with Gasteiger partial charge in [-0.25, -0.2) is 4.68 Å². The topological polar surface area (TPSA) is 44.5 Å². The summed E-state index contributed by atoms with van der Waals surface area (Å²) in [5.41, 5.74) is 6.02. The van der Waals surface area contributed by atoms with Gasteiger partial charge in [-0.2, -0.15) is 5.10 Å². The minimum atomic E-state index is 0.244. The summed E-state index contributed by atoms with van der Waals surface area (Å²) in [7, 11) is 0. The summed E-state index contributed by atoms with van der Waals surface area (Å²) in [6.45, 7) is 9.47. The van der Waals surface area contributed by atoms with E-state index in [1.165, 1.54) is 11.1 Å². The molecule has 1 atom stereocenters. The van der Waals surface area contributed by atoms with Crippen LogP contribution in [0.1, 0.15) is 28.9 Å². The maximum Gasteiger partial charge on any atom is 0.0651 e. The molecular weight excluding hydrogens is 384 g/mol. The SMILES string of the molecule is Cc1cc(C)n(-c2cccc(CN3CCN(CCc4ccccc4)[C@@H](CCO)C3)c2)n1. The van der Waals surface area contributed by atoms with Gasteiger partial charge in [0.15, 0.2) is 0 Å². The summed E-state index contributed by atoms with van der Waals surface area (Å²) in [5, 5.41) is 14.3. The van der Waals surface area contributed by atoms with Crippen LogP contribution in [0.5, 0.6) is 0 Å². The summed E-state index contributed by atoms with van der Waals surface area (Å²) < 4.78 is 2.02. The van der Waals surface area contributed by atoms with Gasteiger partial charge in [0, 0.05) is 51.1 Å². The second-order valence-electron chi connectivity index (χ2n) is 8.68. The number of benzene rings is 2. The van der Waals surface area contributed by atoms with Crippen LogP contribution < -0.4 is 0 Å². The predicted octanol–water partition coefficient (Wildman–Crippen LogP) is 3.60. The summed E-state index contributed by atoms with van der Waals surface area (Å²) in [4.78, 5) is 5.09. The van der Waals surface area contributed by atoms with Crippen molar-refractivity contribution in [2.75, 3.05) is 32.8 Å². The lowest BCUT2D eigenvalue weighted by molar-refractivity contribution is 0.0562. The predicted molar refractivity (Wildman–Crippen MR) is 126 cm³/mol. The molecule has 1 N–H and O–H groups in total. The monoisotopic (exact) mass is 418 g/mol. The molecule has 0 saturated carbocycles. The van der Waals surface area contributed by atoms with Gasteiger partial charge in [-0.15, -0.1) is 0 Å². The Balaban J connectivity index is 1.39. The van der Waals surface area contributed by atoms with E-state index in [0.717, 1.165) is 62.6 Å². The van der Waals surface area contributed by atoms with Crippen molar-refractivity contribution >= 4 is 0 Å². The Kier molecular flexibility index (Phi) is 7.17. The zero-order valence-electron chi connectivity index (χ0n) is 18.7. The van der Waals surface area contributed by atoms with Crippen LogP contribution in [-0.4, -0.2) is 63.5 Å². The third kappa shape index (κ3) is 5.62. The lowest BCUT2D eigenvalue weighted by Gasteiger charge is -2.41. The molecule has 1 aliphatic rings. The molecule has 2 heterocycles. The van der Waals surface area contributed by atoms with Gasteiger partial charge in [0.05, 0.1) is 11.4 Å². The van der Waals surface area contributed by atoms with Gasteiger partial charge in [0.1, 0.15) is 0 Å². The van der Waals surface area contributed by atoms with Crippen LogP contribution in [0.25, 0.3) is 5.69 Å². The van der Waals surface area contributed by atoms with E-state index in [1.54, 1.807) is 0 Å². The van der Waals surface area contributed by atoms with Crippen molar-refractivity contribution in [3.8, 4) is 5.69 Å². The summed E-state index contributed by atoms with van der Waals surface area (Å²) in [6, 6.07) is 21.9. The van der Waals surface area contributed by atoms with Gasteiger partial charge in [0.25, 0.3) is 0 Å². The molecular formula is C26H34N4O. The molecule has 0 aliphatic carbocycles. The van der Waals surface area contributed by atoms with Crippen LogP contribution in [0.15, 0.2) is 60.7 Å². The van der Waals surface area contributed by atoms with Gasteiger partial charge < -0.3 is 5.11 Å². The smallest absolute Gasteiger partial charge is 0.0651 e. The highest BCUT2D eigenvalue weighted by atomic mass is 16.3. The third-order valence-corrected chi connectivity index (χ3v) is 6.25. The van der Waals surface area contributed by atoms with Crippen LogP contribution in [0.2, 0.25) is 0 Å². The normalized spacial score (nSPS) is 17.8. The second kappa shape index (κ2) is 10.2. The molecule has 0 radical (unpaired) electrons. The van der Waals surface area contributed by atoms with Crippen molar-refractivity contribution in [1.82, 2.24) is 19.6 Å². The first-order valence-corrected chi connectivity index (χ1v) is 11.4. The molecule has 0 spiro atoms. The Labute approximate surface area is 185 Å². The number of hydrogen-bond acceptors (Lipinski definition) is 4. The van der Waals surface area contributed by atoms with Crippen LogP contribution in [0.3, 0.4) is 0 Å². The van der Waals surface area contributed by atoms with Gasteiger partial charge in [-0.05, 0) is 56.0 Å². The van der Waals surface area contributed by atoms with E-state index < -0.39 is 0 Å². The molecule has 5 heteroatoms. The van der Waals surface area contributed by atoms with Crippen LogP contribution in [0, 0.1) is 13.8 Å². The van der Waals surface area contributed by atoms with E-state index in [1.807, 2.05) is 11.6 Å². The highest BCUT2D eigenvalue weighted by molar-refractivity contribution is 5.37. The zero-order chi connectivity index (χ0) is 21.6. The first kappa shape index (κ1) is 21.8. The molecule has 1 aliphatic heterocycles. The van der Waals surface area contributed by atoms with Gasteiger partial charge >= 0.3 is 0 Å². The fourth-order valence-corrected chi connectivity index (χ4v) is 4.67. The molecule has 2 aromatic carbocycles. The lowest BCUT2D eigenvalue weighted by Crippen LogP contribution is -2.53. The highest BCUT2D eigenvalue weighted by Crippen LogP contribution is 2.19. The molecule has 5 nitrogen and oxygen atoms in total. The second-order valence-corrected chi connectivity index (χ2v) is 8.68. The molecule has 31 heavy (non-hydrogen) atoms. The number of piperazine rings is 1. The Morgan fingerprint density at radius 1 is 0.968 bits per heavy atom. The van der Waals surface area contributed by atoms with Gasteiger partial charge in [-0.3, -0.25) is 9.80 Å². The van der Waals surface area contributed by atoms with Crippen molar-refractivity contribution in [3.63, 3.8) is 0 Å². The molecule has 4 rings (SSSR count). The Bertz CT molecular complexity index is 969. The van der Waals surface area contributed by atoms with Crippen LogP contribution >= 0.6 is 0 Å². The largest absolute Gasteiger partial charge is 0.396 e. The molecule has 1 aromatic heterocycles. The first-order valence-electron chi connectivity index (χ1n) is 11.4. The van der Waals surface area contributed by atoms with Gasteiger partial charge in [-0.1, -0.05) is 42.5 Å². The van der Waals surface area contributed by atoms with Crippen molar-refractivity contribution in [2.24, 2.45) is 0 Å². The molecule has 3 aromatic rings. The Morgan fingerprint density at radius 2 is 1.77 bits per heavy atom. The van der Waals surface area contributed by atoms with E-state index in [4.69, 9.17) is 0 Å². The zero-order valence-corrected chi connectivity index (χ0v) is 18.7. The highest BCUT2D eigenvalue weighted by Gasteiger charge is 2.26. The fraction of sp³-hybridized carbons (Fsp3) is 0.423. The van der Waals surface area contributed by atoms with Crippen LogP contribution in [-0.2, 0) is 13.0 Å². The number of aromatic nitrogens is 2. The Morgan fingerprint density at radius 3 is 2.52 bits per heavy atom. The van der Waals surface area contributed by atoms with Crippen molar-refractivity contribution in [2.45, 2.75) is 39.3 Å². The van der Waals surface area contributed by atoms with E-state index in [9.17, 15) is 5.11 Å².